The molecule has 0 aliphatic heterocycles. The van der Waals surface area contributed by atoms with E-state index < -0.39 is 0 Å². The first-order valence-corrected chi connectivity index (χ1v) is 6.04. The second-order valence-electron chi connectivity index (χ2n) is 2.91. The third-order valence-electron chi connectivity index (χ3n) is 1.77. The third kappa shape index (κ3) is 2.81. The van der Waals surface area contributed by atoms with Gasteiger partial charge in [-0.3, -0.25) is 0 Å². The highest BCUT2D eigenvalue weighted by atomic mass is 79.9. The molecule has 2 heterocycles. The van der Waals surface area contributed by atoms with E-state index in [1.807, 2.05) is 12.1 Å². The lowest BCUT2D eigenvalue weighted by molar-refractivity contribution is 1.08. The highest BCUT2D eigenvalue weighted by molar-refractivity contribution is 9.10. The first-order valence-electron chi connectivity index (χ1n) is 4.43. The summed E-state index contributed by atoms with van der Waals surface area (Å²) in [5.74, 6) is 0. The van der Waals surface area contributed by atoms with E-state index in [-0.39, 0.29) is 0 Å². The van der Waals surface area contributed by atoms with Crippen LogP contribution >= 0.6 is 27.7 Å². The van der Waals surface area contributed by atoms with Gasteiger partial charge in [0.15, 0.2) is 0 Å². The summed E-state index contributed by atoms with van der Waals surface area (Å²) in [7, 11) is 0. The van der Waals surface area contributed by atoms with Crippen LogP contribution in [0.3, 0.4) is 0 Å². The highest BCUT2D eigenvalue weighted by Crippen LogP contribution is 2.25. The molecule has 0 radical (unpaired) electrons. The van der Waals surface area contributed by atoms with Crippen molar-refractivity contribution in [1.82, 2.24) is 9.97 Å². The first kappa shape index (κ1) is 11.1. The zero-order chi connectivity index (χ0) is 11.4. The highest BCUT2D eigenvalue weighted by Gasteiger charge is 2.01. The van der Waals surface area contributed by atoms with Crippen molar-refractivity contribution in [3.05, 3.63) is 46.7 Å². The quantitative estimate of drug-likeness (QED) is 0.852. The van der Waals surface area contributed by atoms with Crippen LogP contribution in [0.1, 0.15) is 5.56 Å². The molecule has 0 saturated carbocycles. The number of halogens is 1. The van der Waals surface area contributed by atoms with Crippen LogP contribution in [-0.2, 0) is 0 Å². The first-order chi connectivity index (χ1) is 7.78. The van der Waals surface area contributed by atoms with Crippen LogP contribution in [0, 0.1) is 11.3 Å². The maximum Gasteiger partial charge on any atom is 0.103 e. The lowest BCUT2D eigenvalue weighted by atomic mass is 10.3. The van der Waals surface area contributed by atoms with E-state index in [0.29, 0.717) is 5.56 Å². The van der Waals surface area contributed by atoms with Gasteiger partial charge in [0, 0.05) is 16.9 Å². The zero-order valence-corrected chi connectivity index (χ0v) is 10.5. The van der Waals surface area contributed by atoms with Gasteiger partial charge in [0.1, 0.15) is 10.1 Å². The zero-order valence-electron chi connectivity index (χ0n) is 8.09. The maximum absolute atomic E-state index is 8.76. The SMILES string of the molecule is N#Cc1ccnc(Sc2ccc(Br)cn2)c1. The average molecular weight is 292 g/mol. The second kappa shape index (κ2) is 5.10. The number of hydrogen-bond acceptors (Lipinski definition) is 4. The number of nitrogens with zero attached hydrogens (tertiary/aromatic N) is 3. The molecule has 0 aromatic carbocycles. The molecule has 0 bridgehead atoms. The van der Waals surface area contributed by atoms with Gasteiger partial charge in [0.05, 0.1) is 11.6 Å². The average Bonchev–Trinajstić information content (AvgIpc) is 2.32. The number of nitriles is 1. The Kier molecular flexibility index (Phi) is 3.54. The van der Waals surface area contributed by atoms with E-state index >= 15 is 0 Å². The predicted octanol–water partition coefficient (Wildman–Crippen LogP) is 3.26. The van der Waals surface area contributed by atoms with Crippen LogP contribution in [0.4, 0.5) is 0 Å². The minimum Gasteiger partial charge on any atom is -0.249 e. The molecule has 0 N–H and O–H groups in total. The molecule has 0 aliphatic rings. The summed E-state index contributed by atoms with van der Waals surface area (Å²) in [4.78, 5) is 8.39. The fraction of sp³-hybridized carbons (Fsp3) is 0. The van der Waals surface area contributed by atoms with Crippen LogP contribution in [0.25, 0.3) is 0 Å². The Hall–Kier alpha value is -1.38. The molecule has 0 atom stereocenters. The Labute approximate surface area is 106 Å². The van der Waals surface area contributed by atoms with Gasteiger partial charge in [0.25, 0.3) is 0 Å². The molecule has 78 valence electrons. The Balaban J connectivity index is 2.21. The number of rotatable bonds is 2. The Bertz CT molecular complexity index is 534. The molecule has 16 heavy (non-hydrogen) atoms. The molecule has 0 fully saturated rings. The lowest BCUT2D eigenvalue weighted by Gasteiger charge is -1.99. The Morgan fingerprint density at radius 2 is 2.06 bits per heavy atom. The van der Waals surface area contributed by atoms with Crippen molar-refractivity contribution in [3.63, 3.8) is 0 Å². The fourth-order valence-electron chi connectivity index (χ4n) is 1.06. The fourth-order valence-corrected chi connectivity index (χ4v) is 2.05. The topological polar surface area (TPSA) is 49.6 Å². The van der Waals surface area contributed by atoms with Gasteiger partial charge in [-0.25, -0.2) is 9.97 Å². The van der Waals surface area contributed by atoms with Crippen molar-refractivity contribution in [2.75, 3.05) is 0 Å². The van der Waals surface area contributed by atoms with Gasteiger partial charge >= 0.3 is 0 Å². The Morgan fingerprint density at radius 3 is 2.75 bits per heavy atom. The number of aromatic nitrogens is 2. The van der Waals surface area contributed by atoms with Crippen LogP contribution in [0.2, 0.25) is 0 Å². The van der Waals surface area contributed by atoms with Gasteiger partial charge < -0.3 is 0 Å². The van der Waals surface area contributed by atoms with Crippen molar-refractivity contribution < 1.29 is 0 Å². The standard InChI is InChI=1S/C11H6BrN3S/c12-9-1-2-10(15-7-9)16-11-5-8(6-13)3-4-14-11/h1-5,7H. The molecule has 0 aliphatic carbocycles. The number of pyridine rings is 2. The predicted molar refractivity (Wildman–Crippen MR) is 65.0 cm³/mol. The monoisotopic (exact) mass is 291 g/mol. The summed E-state index contributed by atoms with van der Waals surface area (Å²) in [6, 6.07) is 9.32. The van der Waals surface area contributed by atoms with Gasteiger partial charge in [-0.05, 0) is 40.2 Å². The van der Waals surface area contributed by atoms with Crippen LogP contribution in [-0.4, -0.2) is 9.97 Å². The number of hydrogen-bond donors (Lipinski definition) is 0. The van der Waals surface area contributed by atoms with Crippen LogP contribution < -0.4 is 0 Å². The molecule has 2 rings (SSSR count). The van der Waals surface area contributed by atoms with Crippen LogP contribution in [0.5, 0.6) is 0 Å². The smallest absolute Gasteiger partial charge is 0.103 e. The van der Waals surface area contributed by atoms with Crippen molar-refractivity contribution in [3.8, 4) is 6.07 Å². The minimum absolute atomic E-state index is 0.606. The van der Waals surface area contributed by atoms with E-state index in [2.05, 4.69) is 32.0 Å². The van der Waals surface area contributed by atoms with Crippen LogP contribution in [0.15, 0.2) is 51.2 Å². The van der Waals surface area contributed by atoms with Gasteiger partial charge in [-0.1, -0.05) is 11.8 Å². The summed E-state index contributed by atoms with van der Waals surface area (Å²) < 4.78 is 0.940. The lowest BCUT2D eigenvalue weighted by Crippen LogP contribution is -1.83. The van der Waals surface area contributed by atoms with E-state index in [4.69, 9.17) is 5.26 Å². The molecule has 5 heteroatoms. The van der Waals surface area contributed by atoms with Crippen molar-refractivity contribution in [2.45, 2.75) is 10.1 Å². The molecule has 2 aromatic rings. The van der Waals surface area contributed by atoms with Gasteiger partial charge in [0.2, 0.25) is 0 Å². The van der Waals surface area contributed by atoms with Gasteiger partial charge in [-0.15, -0.1) is 0 Å². The molecule has 0 saturated heterocycles. The van der Waals surface area contributed by atoms with E-state index in [0.717, 1.165) is 14.5 Å². The minimum atomic E-state index is 0.606. The van der Waals surface area contributed by atoms with E-state index in [1.165, 1.54) is 11.8 Å². The molecule has 0 amide bonds. The molecule has 0 spiro atoms. The van der Waals surface area contributed by atoms with Crippen molar-refractivity contribution in [1.29, 1.82) is 5.26 Å². The molecular weight excluding hydrogens is 286 g/mol. The largest absolute Gasteiger partial charge is 0.249 e. The molecule has 3 nitrogen and oxygen atoms in total. The van der Waals surface area contributed by atoms with Gasteiger partial charge in [-0.2, -0.15) is 5.26 Å². The summed E-state index contributed by atoms with van der Waals surface area (Å²) in [5.41, 5.74) is 0.606. The summed E-state index contributed by atoms with van der Waals surface area (Å²) in [6.07, 6.45) is 3.36. The van der Waals surface area contributed by atoms with E-state index in [9.17, 15) is 0 Å². The van der Waals surface area contributed by atoms with Crippen molar-refractivity contribution >= 4 is 27.7 Å². The van der Waals surface area contributed by atoms with E-state index in [1.54, 1.807) is 24.5 Å². The normalized spacial score (nSPS) is 9.75. The molecular formula is C11H6BrN3S. The van der Waals surface area contributed by atoms with Crippen molar-refractivity contribution in [2.24, 2.45) is 0 Å². The Morgan fingerprint density at radius 1 is 1.19 bits per heavy atom. The summed E-state index contributed by atoms with van der Waals surface area (Å²) in [6.45, 7) is 0. The molecule has 0 unspecified atom stereocenters. The maximum atomic E-state index is 8.76. The summed E-state index contributed by atoms with van der Waals surface area (Å²) >= 11 is 4.75. The second-order valence-corrected chi connectivity index (χ2v) is 4.87. The summed E-state index contributed by atoms with van der Waals surface area (Å²) in [5, 5.41) is 10.4. The third-order valence-corrected chi connectivity index (χ3v) is 3.13. The molecule has 2 aromatic heterocycles.